The van der Waals surface area contributed by atoms with E-state index >= 15 is 0 Å². The maximum Gasteiger partial charge on any atom is 0.326 e. The molecular formula is C24H22N4O8. The molecule has 0 aliphatic carbocycles. The number of nitro benzene ring substituents is 1. The van der Waals surface area contributed by atoms with Gasteiger partial charge in [-0.2, -0.15) is 0 Å². The van der Waals surface area contributed by atoms with E-state index in [9.17, 15) is 39.2 Å². The number of nitrogens with zero attached hydrogens (tertiary/aromatic N) is 4. The molecule has 12 nitrogen and oxygen atoms in total. The molecule has 0 saturated carbocycles. The molecule has 2 aliphatic heterocycles. The average molecular weight is 494 g/mol. The van der Waals surface area contributed by atoms with Gasteiger partial charge in [-0.25, -0.2) is 4.79 Å². The van der Waals surface area contributed by atoms with Crippen molar-refractivity contribution >= 4 is 35.3 Å². The van der Waals surface area contributed by atoms with Crippen LogP contribution < -0.4 is 0 Å². The molecule has 0 radical (unpaired) electrons. The van der Waals surface area contributed by atoms with E-state index in [1.54, 1.807) is 12.1 Å². The molecule has 1 fully saturated rings. The maximum atomic E-state index is 12.8. The van der Waals surface area contributed by atoms with E-state index in [-0.39, 0.29) is 73.2 Å². The summed E-state index contributed by atoms with van der Waals surface area (Å²) in [6.07, 6.45) is -0.449. The molecule has 0 spiro atoms. The second kappa shape index (κ2) is 9.94. The van der Waals surface area contributed by atoms with E-state index in [1.807, 2.05) is 0 Å². The van der Waals surface area contributed by atoms with Crippen molar-refractivity contribution in [1.29, 1.82) is 0 Å². The molecule has 0 bridgehead atoms. The van der Waals surface area contributed by atoms with E-state index in [4.69, 9.17) is 0 Å². The van der Waals surface area contributed by atoms with Gasteiger partial charge in [0.25, 0.3) is 23.4 Å². The van der Waals surface area contributed by atoms with Crippen LogP contribution in [0.2, 0.25) is 0 Å². The Kier molecular flexibility index (Phi) is 6.77. The van der Waals surface area contributed by atoms with Gasteiger partial charge >= 0.3 is 5.97 Å². The first-order valence-electron chi connectivity index (χ1n) is 11.2. The number of imide groups is 1. The second-order valence-corrected chi connectivity index (χ2v) is 8.40. The third-order valence-electron chi connectivity index (χ3n) is 6.28. The number of non-ortho nitro benzene ring substituents is 1. The Morgan fingerprint density at radius 1 is 0.917 bits per heavy atom. The number of carbonyl (C=O) groups is 5. The lowest BCUT2D eigenvalue weighted by Gasteiger charge is -2.35. The van der Waals surface area contributed by atoms with E-state index in [1.165, 1.54) is 46.2 Å². The van der Waals surface area contributed by atoms with Crippen molar-refractivity contribution in [2.24, 2.45) is 0 Å². The predicted octanol–water partition coefficient (Wildman–Crippen LogP) is 1.41. The van der Waals surface area contributed by atoms with Crippen LogP contribution in [0.1, 0.15) is 43.9 Å². The second-order valence-electron chi connectivity index (χ2n) is 8.40. The van der Waals surface area contributed by atoms with Crippen molar-refractivity contribution < 1.29 is 34.0 Å². The normalized spacial score (nSPS) is 16.1. The highest BCUT2D eigenvalue weighted by molar-refractivity contribution is 6.22. The Hall–Kier alpha value is -4.61. The fourth-order valence-corrected chi connectivity index (χ4v) is 4.37. The van der Waals surface area contributed by atoms with Crippen LogP contribution in [-0.4, -0.2) is 86.5 Å². The van der Waals surface area contributed by atoms with E-state index in [0.717, 1.165) is 0 Å². The van der Waals surface area contributed by atoms with Gasteiger partial charge in [0.05, 0.1) is 16.1 Å². The maximum absolute atomic E-state index is 12.8. The van der Waals surface area contributed by atoms with Crippen molar-refractivity contribution in [3.05, 3.63) is 75.3 Å². The Morgan fingerprint density at radius 3 is 2.06 bits per heavy atom. The number of rotatable bonds is 7. The van der Waals surface area contributed by atoms with E-state index in [2.05, 4.69) is 0 Å². The number of hydrogen-bond acceptors (Lipinski definition) is 7. The highest BCUT2D eigenvalue weighted by atomic mass is 16.6. The van der Waals surface area contributed by atoms with Crippen molar-refractivity contribution in [2.75, 3.05) is 26.2 Å². The van der Waals surface area contributed by atoms with Crippen LogP contribution in [0.3, 0.4) is 0 Å². The first-order chi connectivity index (χ1) is 17.2. The Balaban J connectivity index is 1.34. The molecule has 2 aliphatic rings. The SMILES string of the molecule is O=C(O)[C@H](CCC(=O)N1CCN(C(=O)c2cccc([N+](=O)[O-])c2)CC1)N1C(=O)c2ccccc2C1=O. The minimum atomic E-state index is -1.49. The van der Waals surface area contributed by atoms with Crippen LogP contribution in [0.25, 0.3) is 0 Å². The number of carboxylic acids is 1. The number of amides is 4. The topological polar surface area (TPSA) is 158 Å². The van der Waals surface area contributed by atoms with Gasteiger partial charge in [0, 0.05) is 50.3 Å². The van der Waals surface area contributed by atoms with Gasteiger partial charge in [-0.05, 0) is 24.6 Å². The highest BCUT2D eigenvalue weighted by Crippen LogP contribution is 2.26. The van der Waals surface area contributed by atoms with Crippen LogP contribution in [0.15, 0.2) is 48.5 Å². The molecule has 12 heteroatoms. The van der Waals surface area contributed by atoms with Crippen LogP contribution in [0, 0.1) is 10.1 Å². The van der Waals surface area contributed by atoms with Crippen molar-refractivity contribution in [3.8, 4) is 0 Å². The Labute approximate surface area is 204 Å². The fourth-order valence-electron chi connectivity index (χ4n) is 4.37. The number of carboxylic acid groups (broad SMARTS) is 1. The molecule has 36 heavy (non-hydrogen) atoms. The molecule has 4 rings (SSSR count). The number of hydrogen-bond donors (Lipinski definition) is 1. The lowest BCUT2D eigenvalue weighted by atomic mass is 10.1. The number of benzene rings is 2. The standard InChI is InChI=1S/C24H22N4O8/c29-20(9-8-19(24(33)34)27-22(31)17-6-1-2-7-18(17)23(27)32)25-10-12-26(13-11-25)21(30)15-4-3-5-16(14-15)28(35)36/h1-7,14,19H,8-13H2,(H,33,34)/t19-/m0/s1. The lowest BCUT2D eigenvalue weighted by Crippen LogP contribution is -2.51. The van der Waals surface area contributed by atoms with Gasteiger partial charge in [0.2, 0.25) is 5.91 Å². The number of aliphatic carboxylic acids is 1. The van der Waals surface area contributed by atoms with Gasteiger partial charge in [0.15, 0.2) is 0 Å². The molecule has 0 unspecified atom stereocenters. The van der Waals surface area contributed by atoms with Crippen molar-refractivity contribution in [1.82, 2.24) is 14.7 Å². The van der Waals surface area contributed by atoms with Crippen molar-refractivity contribution in [3.63, 3.8) is 0 Å². The molecule has 1 saturated heterocycles. The third kappa shape index (κ3) is 4.65. The number of fused-ring (bicyclic) bond motifs is 1. The zero-order valence-electron chi connectivity index (χ0n) is 19.0. The number of piperazine rings is 1. The van der Waals surface area contributed by atoms with E-state index in [0.29, 0.717) is 4.90 Å². The summed E-state index contributed by atoms with van der Waals surface area (Å²) in [5, 5.41) is 20.6. The Bertz CT molecular complexity index is 1230. The average Bonchev–Trinajstić information content (AvgIpc) is 3.13. The first kappa shape index (κ1) is 24.5. The summed E-state index contributed by atoms with van der Waals surface area (Å²) in [5.41, 5.74) is 0.240. The minimum absolute atomic E-state index is 0.129. The summed E-state index contributed by atoms with van der Waals surface area (Å²) in [5.74, 6) is -3.54. The van der Waals surface area contributed by atoms with Gasteiger partial charge in [0.1, 0.15) is 6.04 Å². The molecule has 186 valence electrons. The lowest BCUT2D eigenvalue weighted by molar-refractivity contribution is -0.384. The van der Waals surface area contributed by atoms with Crippen LogP contribution in [-0.2, 0) is 9.59 Å². The highest BCUT2D eigenvalue weighted by Gasteiger charge is 2.43. The fraction of sp³-hybridized carbons (Fsp3) is 0.292. The molecule has 2 aromatic carbocycles. The molecule has 4 amide bonds. The summed E-state index contributed by atoms with van der Waals surface area (Å²) in [7, 11) is 0. The molecule has 1 atom stereocenters. The molecule has 2 heterocycles. The van der Waals surface area contributed by atoms with Crippen LogP contribution in [0.5, 0.6) is 0 Å². The summed E-state index contributed by atoms with van der Waals surface area (Å²) in [6, 6.07) is 9.98. The van der Waals surface area contributed by atoms with Gasteiger partial charge in [-0.3, -0.25) is 34.2 Å². The van der Waals surface area contributed by atoms with Gasteiger partial charge < -0.3 is 14.9 Å². The minimum Gasteiger partial charge on any atom is -0.480 e. The van der Waals surface area contributed by atoms with Gasteiger partial charge in [-0.1, -0.05) is 18.2 Å². The summed E-state index contributed by atoms with van der Waals surface area (Å²) >= 11 is 0. The molecular weight excluding hydrogens is 472 g/mol. The first-order valence-corrected chi connectivity index (χ1v) is 11.2. The number of carbonyl (C=O) groups excluding carboxylic acids is 4. The Morgan fingerprint density at radius 2 is 1.50 bits per heavy atom. The van der Waals surface area contributed by atoms with Crippen molar-refractivity contribution in [2.45, 2.75) is 18.9 Å². The van der Waals surface area contributed by atoms with Gasteiger partial charge in [-0.15, -0.1) is 0 Å². The third-order valence-corrected chi connectivity index (χ3v) is 6.28. The zero-order chi connectivity index (χ0) is 26.0. The molecule has 0 aromatic heterocycles. The summed E-state index contributed by atoms with van der Waals surface area (Å²) in [4.78, 5) is 76.7. The predicted molar refractivity (Wildman–Crippen MR) is 123 cm³/mol. The quantitative estimate of drug-likeness (QED) is 0.344. The zero-order valence-corrected chi connectivity index (χ0v) is 19.0. The smallest absolute Gasteiger partial charge is 0.326 e. The summed E-state index contributed by atoms with van der Waals surface area (Å²) in [6.45, 7) is 0.802. The monoisotopic (exact) mass is 494 g/mol. The van der Waals surface area contributed by atoms with Crippen LogP contribution in [0.4, 0.5) is 5.69 Å². The largest absolute Gasteiger partial charge is 0.480 e. The van der Waals surface area contributed by atoms with E-state index < -0.39 is 28.7 Å². The molecule has 1 N–H and O–H groups in total. The van der Waals surface area contributed by atoms with Crippen LogP contribution >= 0.6 is 0 Å². The summed E-state index contributed by atoms with van der Waals surface area (Å²) < 4.78 is 0. The number of nitro groups is 1. The molecule has 2 aromatic rings.